The van der Waals surface area contributed by atoms with Crippen molar-refractivity contribution in [3.8, 4) is 0 Å². The highest BCUT2D eigenvalue weighted by Crippen LogP contribution is 2.27. The van der Waals surface area contributed by atoms with Crippen LogP contribution in [0, 0.1) is 0 Å². The Labute approximate surface area is 140 Å². The summed E-state index contributed by atoms with van der Waals surface area (Å²) in [7, 11) is 0. The van der Waals surface area contributed by atoms with Crippen molar-refractivity contribution >= 4 is 45.0 Å². The molecule has 0 aliphatic heterocycles. The van der Waals surface area contributed by atoms with Crippen molar-refractivity contribution in [3.05, 3.63) is 50.3 Å². The molecule has 4 nitrogen and oxygen atoms in total. The number of halogens is 2. The number of rotatable bonds is 7. The van der Waals surface area contributed by atoms with Crippen LogP contribution in [-0.4, -0.2) is 22.5 Å². The number of aromatic amines is 1. The molecule has 0 radical (unpaired) electrons. The van der Waals surface area contributed by atoms with Crippen LogP contribution < -0.4 is 10.9 Å². The van der Waals surface area contributed by atoms with Crippen LogP contribution in [0.25, 0.3) is 0 Å². The number of unbranched alkanes of at least 4 members (excludes halogenated alkanes) is 1. The van der Waals surface area contributed by atoms with Crippen molar-refractivity contribution < 1.29 is 0 Å². The molecule has 1 aromatic carbocycles. The van der Waals surface area contributed by atoms with E-state index in [1.807, 2.05) is 30.0 Å². The Kier molecular flexibility index (Phi) is 6.60. The maximum absolute atomic E-state index is 11.3. The molecule has 112 valence electrons. The maximum Gasteiger partial charge on any atom is 0.285 e. The van der Waals surface area contributed by atoms with Crippen LogP contribution in [0.5, 0.6) is 0 Å². The van der Waals surface area contributed by atoms with Gasteiger partial charge in [-0.05, 0) is 46.7 Å². The average molecular weight is 389 g/mol. The fraction of sp³-hybridized carbons (Fsp3) is 0.286. The fourth-order valence-corrected chi connectivity index (χ4v) is 3.44. The Morgan fingerprint density at radius 1 is 1.33 bits per heavy atom. The number of aromatic nitrogens is 2. The number of H-pyrrole nitrogens is 1. The summed E-state index contributed by atoms with van der Waals surface area (Å²) in [5.41, 5.74) is 0.213. The Hall–Kier alpha value is -0.980. The molecule has 0 atom stereocenters. The van der Waals surface area contributed by atoms with Gasteiger partial charge in [0, 0.05) is 15.9 Å². The van der Waals surface area contributed by atoms with E-state index in [1.165, 1.54) is 11.1 Å². The largest absolute Gasteiger partial charge is 0.382 e. The quantitative estimate of drug-likeness (QED) is 0.552. The summed E-state index contributed by atoms with van der Waals surface area (Å²) < 4.78 is 1.13. The van der Waals surface area contributed by atoms with E-state index in [2.05, 4.69) is 37.5 Å². The summed E-state index contributed by atoms with van der Waals surface area (Å²) in [6, 6.07) is 8.20. The summed E-state index contributed by atoms with van der Waals surface area (Å²) in [4.78, 5) is 12.5. The second-order valence-corrected chi connectivity index (χ2v) is 6.71. The minimum Gasteiger partial charge on any atom is -0.382 e. The van der Waals surface area contributed by atoms with E-state index in [-0.39, 0.29) is 10.6 Å². The van der Waals surface area contributed by atoms with E-state index >= 15 is 0 Å². The normalized spacial score (nSPS) is 10.6. The Morgan fingerprint density at radius 2 is 2.14 bits per heavy atom. The first-order valence-electron chi connectivity index (χ1n) is 6.53. The Morgan fingerprint density at radius 3 is 2.95 bits per heavy atom. The molecule has 0 saturated carbocycles. The molecular weight excluding hydrogens is 374 g/mol. The van der Waals surface area contributed by atoms with Crippen molar-refractivity contribution in [2.75, 3.05) is 17.6 Å². The van der Waals surface area contributed by atoms with Gasteiger partial charge in [0.2, 0.25) is 0 Å². The van der Waals surface area contributed by atoms with Crippen LogP contribution in [0.2, 0.25) is 5.02 Å². The first-order valence-corrected chi connectivity index (χ1v) is 8.68. The van der Waals surface area contributed by atoms with Gasteiger partial charge in [-0.1, -0.05) is 23.7 Å². The summed E-state index contributed by atoms with van der Waals surface area (Å²) in [5, 5.41) is 9.30. The van der Waals surface area contributed by atoms with Crippen molar-refractivity contribution in [3.63, 3.8) is 0 Å². The van der Waals surface area contributed by atoms with Gasteiger partial charge >= 0.3 is 0 Å². The predicted octanol–water partition coefficient (Wildman–Crippen LogP) is 4.17. The van der Waals surface area contributed by atoms with Crippen LogP contribution in [0.3, 0.4) is 0 Å². The number of benzene rings is 1. The van der Waals surface area contributed by atoms with Gasteiger partial charge in [0.05, 0.1) is 11.9 Å². The Balaban J connectivity index is 1.68. The molecule has 2 rings (SSSR count). The lowest BCUT2D eigenvalue weighted by Crippen LogP contribution is -2.12. The summed E-state index contributed by atoms with van der Waals surface area (Å²) >= 11 is 11.2. The highest BCUT2D eigenvalue weighted by molar-refractivity contribution is 9.10. The number of hydrogen-bond donors (Lipinski definition) is 2. The standard InChI is InChI=1S/C14H15BrClN3OS/c15-10-5-1-2-6-12(10)21-8-4-3-7-17-11-9-18-19-14(20)13(11)16/h1-2,5-6,9H,3-4,7-8H2,(H2,17,19,20). The highest BCUT2D eigenvalue weighted by atomic mass is 79.9. The van der Waals surface area contributed by atoms with E-state index in [4.69, 9.17) is 11.6 Å². The van der Waals surface area contributed by atoms with Crippen LogP contribution in [-0.2, 0) is 0 Å². The highest BCUT2D eigenvalue weighted by Gasteiger charge is 2.03. The first kappa shape index (κ1) is 16.4. The average Bonchev–Trinajstić information content (AvgIpc) is 2.48. The number of thioether (sulfide) groups is 1. The van der Waals surface area contributed by atoms with Crippen LogP contribution in [0.15, 0.2) is 44.6 Å². The van der Waals surface area contributed by atoms with E-state index in [0.717, 1.165) is 29.6 Å². The molecule has 0 spiro atoms. The molecule has 7 heteroatoms. The summed E-state index contributed by atoms with van der Waals surface area (Å²) in [6.45, 7) is 0.765. The number of nitrogens with zero attached hydrogens (tertiary/aromatic N) is 1. The molecule has 21 heavy (non-hydrogen) atoms. The molecule has 0 amide bonds. The third-order valence-corrected chi connectivity index (χ3v) is 5.27. The maximum atomic E-state index is 11.3. The molecule has 2 aromatic rings. The third kappa shape index (κ3) is 5.05. The number of anilines is 1. The fourth-order valence-electron chi connectivity index (χ4n) is 1.70. The topological polar surface area (TPSA) is 57.8 Å². The molecular formula is C14H15BrClN3OS. The van der Waals surface area contributed by atoms with E-state index < -0.39 is 0 Å². The Bertz CT molecular complexity index is 650. The monoisotopic (exact) mass is 387 g/mol. The summed E-state index contributed by atoms with van der Waals surface area (Å²) in [5.74, 6) is 1.05. The molecule has 0 saturated heterocycles. The van der Waals surface area contributed by atoms with Gasteiger partial charge in [0.25, 0.3) is 5.56 Å². The molecule has 0 unspecified atom stereocenters. The van der Waals surface area contributed by atoms with Crippen molar-refractivity contribution in [2.45, 2.75) is 17.7 Å². The zero-order chi connectivity index (χ0) is 15.1. The minimum absolute atomic E-state index is 0.160. The molecule has 0 bridgehead atoms. The molecule has 0 aliphatic rings. The van der Waals surface area contributed by atoms with Crippen molar-refractivity contribution in [1.29, 1.82) is 0 Å². The lowest BCUT2D eigenvalue weighted by atomic mass is 10.3. The third-order valence-electron chi connectivity index (χ3n) is 2.78. The summed E-state index contributed by atoms with van der Waals surface area (Å²) in [6.07, 6.45) is 3.60. The smallest absolute Gasteiger partial charge is 0.285 e. The zero-order valence-corrected chi connectivity index (χ0v) is 14.4. The minimum atomic E-state index is -0.369. The first-order chi connectivity index (χ1) is 10.2. The van der Waals surface area contributed by atoms with Gasteiger partial charge in [0.15, 0.2) is 0 Å². The molecule has 1 heterocycles. The number of hydrogen-bond acceptors (Lipinski definition) is 4. The SMILES string of the molecule is O=c1[nH]ncc(NCCCCSc2ccccc2Br)c1Cl. The van der Waals surface area contributed by atoms with Crippen LogP contribution >= 0.6 is 39.3 Å². The van der Waals surface area contributed by atoms with Gasteiger partial charge in [-0.25, -0.2) is 5.10 Å². The van der Waals surface area contributed by atoms with Crippen molar-refractivity contribution in [1.82, 2.24) is 10.2 Å². The molecule has 1 aromatic heterocycles. The molecule has 0 fully saturated rings. The second kappa shape index (κ2) is 8.46. The number of nitrogens with one attached hydrogen (secondary N) is 2. The second-order valence-electron chi connectivity index (χ2n) is 4.34. The van der Waals surface area contributed by atoms with Crippen molar-refractivity contribution in [2.24, 2.45) is 0 Å². The lowest BCUT2D eigenvalue weighted by Gasteiger charge is -2.07. The van der Waals surface area contributed by atoms with Gasteiger partial charge < -0.3 is 5.32 Å². The van der Waals surface area contributed by atoms with E-state index in [1.54, 1.807) is 0 Å². The molecule has 2 N–H and O–H groups in total. The van der Waals surface area contributed by atoms with E-state index in [9.17, 15) is 4.79 Å². The van der Waals surface area contributed by atoms with Crippen LogP contribution in [0.1, 0.15) is 12.8 Å². The zero-order valence-electron chi connectivity index (χ0n) is 11.2. The van der Waals surface area contributed by atoms with E-state index in [0.29, 0.717) is 5.69 Å². The van der Waals surface area contributed by atoms with Gasteiger partial charge in [0.1, 0.15) is 5.02 Å². The lowest BCUT2D eigenvalue weighted by molar-refractivity contribution is 0.840. The van der Waals surface area contributed by atoms with Gasteiger partial charge in [-0.2, -0.15) is 5.10 Å². The predicted molar refractivity (Wildman–Crippen MR) is 92.5 cm³/mol. The van der Waals surface area contributed by atoms with Gasteiger partial charge in [-0.3, -0.25) is 4.79 Å². The molecule has 0 aliphatic carbocycles. The van der Waals surface area contributed by atoms with Crippen LogP contribution in [0.4, 0.5) is 5.69 Å². The van der Waals surface area contributed by atoms with Gasteiger partial charge in [-0.15, -0.1) is 11.8 Å².